The lowest BCUT2D eigenvalue weighted by molar-refractivity contribution is 0.164. The Morgan fingerprint density at radius 1 is 1.27 bits per heavy atom. The zero-order valence-electron chi connectivity index (χ0n) is 9.83. The lowest BCUT2D eigenvalue weighted by Gasteiger charge is -2.09. The highest BCUT2D eigenvalue weighted by atomic mass is 35.5. The van der Waals surface area contributed by atoms with E-state index in [0.717, 1.165) is 23.4 Å². The molecule has 1 atom stereocenters. The SMILES string of the molecule is CC.CCCC(O)Cc1ccccc1Cl. The van der Waals surface area contributed by atoms with Crippen molar-refractivity contribution in [1.29, 1.82) is 0 Å². The van der Waals surface area contributed by atoms with E-state index in [1.807, 2.05) is 38.1 Å². The van der Waals surface area contributed by atoms with E-state index in [4.69, 9.17) is 11.6 Å². The summed E-state index contributed by atoms with van der Waals surface area (Å²) in [7, 11) is 0. The maximum absolute atomic E-state index is 9.57. The van der Waals surface area contributed by atoms with Crippen molar-refractivity contribution in [3.05, 3.63) is 34.9 Å². The van der Waals surface area contributed by atoms with Gasteiger partial charge in [-0.25, -0.2) is 0 Å². The van der Waals surface area contributed by atoms with Crippen LogP contribution in [0.4, 0.5) is 0 Å². The van der Waals surface area contributed by atoms with Crippen LogP contribution in [0.2, 0.25) is 5.02 Å². The third kappa shape index (κ3) is 5.81. The summed E-state index contributed by atoms with van der Waals surface area (Å²) in [6.45, 7) is 6.07. The molecule has 0 aliphatic heterocycles. The normalized spacial score (nSPS) is 11.5. The summed E-state index contributed by atoms with van der Waals surface area (Å²) in [5, 5.41) is 10.3. The van der Waals surface area contributed by atoms with Gasteiger partial charge in [0.25, 0.3) is 0 Å². The number of hydrogen-bond donors (Lipinski definition) is 1. The molecule has 1 nitrogen and oxygen atoms in total. The molecular formula is C13H21ClO. The second-order valence-corrected chi connectivity index (χ2v) is 3.65. The fourth-order valence-corrected chi connectivity index (χ4v) is 1.57. The summed E-state index contributed by atoms with van der Waals surface area (Å²) < 4.78 is 0. The van der Waals surface area contributed by atoms with E-state index in [1.165, 1.54) is 0 Å². The first-order valence-corrected chi connectivity index (χ1v) is 6.03. The van der Waals surface area contributed by atoms with Crippen molar-refractivity contribution in [3.63, 3.8) is 0 Å². The lowest BCUT2D eigenvalue weighted by atomic mass is 10.0. The molecule has 0 saturated carbocycles. The number of hydrogen-bond acceptors (Lipinski definition) is 1. The largest absolute Gasteiger partial charge is 0.393 e. The van der Waals surface area contributed by atoms with Crippen LogP contribution in [0.3, 0.4) is 0 Å². The van der Waals surface area contributed by atoms with Crippen molar-refractivity contribution >= 4 is 11.6 Å². The minimum absolute atomic E-state index is 0.259. The third-order valence-corrected chi connectivity index (χ3v) is 2.40. The number of aliphatic hydroxyl groups excluding tert-OH is 1. The molecular weight excluding hydrogens is 208 g/mol. The highest BCUT2D eigenvalue weighted by Gasteiger charge is 2.06. The average molecular weight is 229 g/mol. The van der Waals surface area contributed by atoms with Gasteiger partial charge in [0.2, 0.25) is 0 Å². The van der Waals surface area contributed by atoms with Crippen LogP contribution < -0.4 is 0 Å². The minimum Gasteiger partial charge on any atom is -0.393 e. The quantitative estimate of drug-likeness (QED) is 0.824. The Labute approximate surface area is 98.1 Å². The second-order valence-electron chi connectivity index (χ2n) is 3.24. The predicted octanol–water partition coefficient (Wildman–Crippen LogP) is 4.07. The molecule has 15 heavy (non-hydrogen) atoms. The maximum atomic E-state index is 9.57. The van der Waals surface area contributed by atoms with Crippen LogP contribution in [0.25, 0.3) is 0 Å². The van der Waals surface area contributed by atoms with E-state index in [1.54, 1.807) is 0 Å². The average Bonchev–Trinajstić information content (AvgIpc) is 2.25. The van der Waals surface area contributed by atoms with Crippen LogP contribution >= 0.6 is 11.6 Å². The van der Waals surface area contributed by atoms with E-state index in [0.29, 0.717) is 6.42 Å². The first-order chi connectivity index (χ1) is 7.24. The lowest BCUT2D eigenvalue weighted by Crippen LogP contribution is -2.09. The highest BCUT2D eigenvalue weighted by Crippen LogP contribution is 2.17. The summed E-state index contributed by atoms with van der Waals surface area (Å²) >= 11 is 5.96. The van der Waals surface area contributed by atoms with Gasteiger partial charge in [0.1, 0.15) is 0 Å². The maximum Gasteiger partial charge on any atom is 0.0581 e. The molecule has 2 heteroatoms. The van der Waals surface area contributed by atoms with Crippen molar-refractivity contribution in [1.82, 2.24) is 0 Å². The summed E-state index contributed by atoms with van der Waals surface area (Å²) in [6, 6.07) is 7.66. The third-order valence-electron chi connectivity index (χ3n) is 2.04. The second kappa shape index (κ2) is 8.75. The summed E-state index contributed by atoms with van der Waals surface area (Å²) in [5.41, 5.74) is 1.03. The Morgan fingerprint density at radius 2 is 1.87 bits per heavy atom. The van der Waals surface area contributed by atoms with Gasteiger partial charge in [-0.15, -0.1) is 0 Å². The smallest absolute Gasteiger partial charge is 0.0581 e. The molecule has 0 spiro atoms. The Kier molecular flexibility index (Phi) is 8.44. The molecule has 0 aromatic heterocycles. The molecule has 0 heterocycles. The number of benzene rings is 1. The number of aliphatic hydroxyl groups is 1. The van der Waals surface area contributed by atoms with Gasteiger partial charge in [-0.3, -0.25) is 0 Å². The van der Waals surface area contributed by atoms with Gasteiger partial charge in [0.15, 0.2) is 0 Å². The standard InChI is InChI=1S/C11H15ClO.C2H6/c1-2-5-10(13)8-9-6-3-4-7-11(9)12;1-2/h3-4,6-7,10,13H,2,5,8H2,1H3;1-2H3. The molecule has 1 rings (SSSR count). The van der Waals surface area contributed by atoms with E-state index < -0.39 is 0 Å². The van der Waals surface area contributed by atoms with Crippen LogP contribution in [0.1, 0.15) is 39.2 Å². The van der Waals surface area contributed by atoms with Crippen molar-refractivity contribution in [2.75, 3.05) is 0 Å². The molecule has 1 unspecified atom stereocenters. The van der Waals surface area contributed by atoms with Gasteiger partial charge in [0, 0.05) is 5.02 Å². The zero-order valence-corrected chi connectivity index (χ0v) is 10.6. The Hall–Kier alpha value is -0.530. The van der Waals surface area contributed by atoms with Crippen molar-refractivity contribution in [2.24, 2.45) is 0 Å². The van der Waals surface area contributed by atoms with E-state index in [-0.39, 0.29) is 6.10 Å². The van der Waals surface area contributed by atoms with Crippen LogP contribution in [-0.4, -0.2) is 11.2 Å². The first-order valence-electron chi connectivity index (χ1n) is 5.65. The molecule has 0 saturated heterocycles. The molecule has 0 bridgehead atoms. The summed E-state index contributed by atoms with van der Waals surface area (Å²) in [6.07, 6.45) is 2.24. The van der Waals surface area contributed by atoms with Gasteiger partial charge in [0.05, 0.1) is 6.10 Å². The molecule has 1 aromatic carbocycles. The van der Waals surface area contributed by atoms with Crippen LogP contribution in [0.5, 0.6) is 0 Å². The van der Waals surface area contributed by atoms with Crippen LogP contribution in [0.15, 0.2) is 24.3 Å². The van der Waals surface area contributed by atoms with Crippen molar-refractivity contribution in [2.45, 2.75) is 46.1 Å². The van der Waals surface area contributed by atoms with Crippen molar-refractivity contribution < 1.29 is 5.11 Å². The van der Waals surface area contributed by atoms with E-state index in [2.05, 4.69) is 6.92 Å². The molecule has 0 radical (unpaired) electrons. The van der Waals surface area contributed by atoms with Gasteiger partial charge in [-0.1, -0.05) is 57.0 Å². The van der Waals surface area contributed by atoms with E-state index in [9.17, 15) is 5.11 Å². The van der Waals surface area contributed by atoms with Gasteiger partial charge < -0.3 is 5.11 Å². The molecule has 0 fully saturated rings. The molecule has 1 aromatic rings. The molecule has 0 amide bonds. The fourth-order valence-electron chi connectivity index (χ4n) is 1.35. The zero-order chi connectivity index (χ0) is 11.7. The number of rotatable bonds is 4. The van der Waals surface area contributed by atoms with Gasteiger partial charge >= 0.3 is 0 Å². The van der Waals surface area contributed by atoms with E-state index >= 15 is 0 Å². The van der Waals surface area contributed by atoms with Crippen LogP contribution in [-0.2, 0) is 6.42 Å². The Bertz CT molecular complexity index is 260. The first kappa shape index (κ1) is 14.5. The van der Waals surface area contributed by atoms with Gasteiger partial charge in [-0.05, 0) is 24.5 Å². The number of halogens is 1. The minimum atomic E-state index is -0.259. The summed E-state index contributed by atoms with van der Waals surface area (Å²) in [4.78, 5) is 0. The molecule has 0 aliphatic rings. The molecule has 0 aliphatic carbocycles. The highest BCUT2D eigenvalue weighted by molar-refractivity contribution is 6.31. The van der Waals surface area contributed by atoms with Crippen LogP contribution in [0, 0.1) is 0 Å². The molecule has 86 valence electrons. The van der Waals surface area contributed by atoms with Crippen molar-refractivity contribution in [3.8, 4) is 0 Å². The Balaban J connectivity index is 0.000000921. The Morgan fingerprint density at radius 3 is 2.40 bits per heavy atom. The van der Waals surface area contributed by atoms with Gasteiger partial charge in [-0.2, -0.15) is 0 Å². The topological polar surface area (TPSA) is 20.2 Å². The predicted molar refractivity (Wildman–Crippen MR) is 67.4 cm³/mol. The fraction of sp³-hybridized carbons (Fsp3) is 0.538. The summed E-state index contributed by atoms with van der Waals surface area (Å²) in [5.74, 6) is 0. The molecule has 1 N–H and O–H groups in total. The monoisotopic (exact) mass is 228 g/mol.